The van der Waals surface area contributed by atoms with Crippen molar-refractivity contribution in [1.29, 1.82) is 0 Å². The summed E-state index contributed by atoms with van der Waals surface area (Å²) in [5.74, 6) is 0.500. The highest BCUT2D eigenvalue weighted by molar-refractivity contribution is 7.91. The van der Waals surface area contributed by atoms with Crippen molar-refractivity contribution in [2.24, 2.45) is 0 Å². The smallest absolute Gasteiger partial charge is 0.151 e. The summed E-state index contributed by atoms with van der Waals surface area (Å²) in [6.07, 6.45) is 1.04. The summed E-state index contributed by atoms with van der Waals surface area (Å²) < 4.78 is 23.5. The standard InChI is InChI=1S/C16H26N2O2S/c1-3-15-12-17-16(14-8-6-5-7-9-14)13-18(15)10-11-21(19,20)4-2/h5-9,15-17H,3-4,10-13H2,1-2H3. The van der Waals surface area contributed by atoms with Crippen LogP contribution in [-0.2, 0) is 9.84 Å². The van der Waals surface area contributed by atoms with E-state index in [2.05, 4.69) is 41.4 Å². The van der Waals surface area contributed by atoms with E-state index in [4.69, 9.17) is 0 Å². The summed E-state index contributed by atoms with van der Waals surface area (Å²) in [7, 11) is -2.89. The SMILES string of the molecule is CCC1CNC(c2ccccc2)CN1CCS(=O)(=O)CC. The van der Waals surface area contributed by atoms with Crippen LogP contribution in [0.25, 0.3) is 0 Å². The highest BCUT2D eigenvalue weighted by Gasteiger charge is 2.28. The summed E-state index contributed by atoms with van der Waals surface area (Å²) in [5, 5.41) is 3.59. The van der Waals surface area contributed by atoms with Crippen LogP contribution in [0, 0.1) is 0 Å². The Kier molecular flexibility index (Phi) is 5.79. The van der Waals surface area contributed by atoms with Gasteiger partial charge >= 0.3 is 0 Å². The Morgan fingerprint density at radius 2 is 1.95 bits per heavy atom. The van der Waals surface area contributed by atoms with E-state index in [0.29, 0.717) is 18.6 Å². The maximum absolute atomic E-state index is 11.7. The van der Waals surface area contributed by atoms with E-state index in [1.807, 2.05) is 6.07 Å². The molecule has 2 atom stereocenters. The second-order valence-corrected chi connectivity index (χ2v) is 8.14. The summed E-state index contributed by atoms with van der Waals surface area (Å²) >= 11 is 0. The Labute approximate surface area is 128 Å². The van der Waals surface area contributed by atoms with Gasteiger partial charge in [-0.15, -0.1) is 0 Å². The Morgan fingerprint density at radius 1 is 1.24 bits per heavy atom. The van der Waals surface area contributed by atoms with Gasteiger partial charge in [0.25, 0.3) is 0 Å². The van der Waals surface area contributed by atoms with E-state index in [-0.39, 0.29) is 11.5 Å². The second kappa shape index (κ2) is 7.38. The second-order valence-electron chi connectivity index (χ2n) is 5.66. The monoisotopic (exact) mass is 310 g/mol. The average Bonchev–Trinajstić information content (AvgIpc) is 2.53. The normalized spacial score (nSPS) is 24.1. The number of piperazine rings is 1. The van der Waals surface area contributed by atoms with E-state index in [0.717, 1.165) is 19.5 Å². The van der Waals surface area contributed by atoms with Gasteiger partial charge in [0.05, 0.1) is 5.75 Å². The van der Waals surface area contributed by atoms with Crippen LogP contribution < -0.4 is 5.32 Å². The Hall–Kier alpha value is -0.910. The molecular weight excluding hydrogens is 284 g/mol. The van der Waals surface area contributed by atoms with Crippen molar-refractivity contribution in [3.05, 3.63) is 35.9 Å². The zero-order valence-corrected chi connectivity index (χ0v) is 13.8. The Morgan fingerprint density at radius 3 is 2.57 bits per heavy atom. The summed E-state index contributed by atoms with van der Waals surface area (Å²) in [6, 6.07) is 11.1. The van der Waals surface area contributed by atoms with Gasteiger partial charge in [0.2, 0.25) is 0 Å². The van der Waals surface area contributed by atoms with Crippen LogP contribution >= 0.6 is 0 Å². The molecule has 0 saturated carbocycles. The number of benzene rings is 1. The molecule has 4 nitrogen and oxygen atoms in total. The van der Waals surface area contributed by atoms with E-state index in [1.165, 1.54) is 5.56 Å². The molecular formula is C16H26N2O2S. The molecule has 21 heavy (non-hydrogen) atoms. The van der Waals surface area contributed by atoms with Gasteiger partial charge < -0.3 is 5.32 Å². The minimum atomic E-state index is -2.89. The molecule has 0 bridgehead atoms. The molecule has 2 unspecified atom stereocenters. The molecule has 1 fully saturated rings. The molecule has 1 heterocycles. The Balaban J connectivity index is 2.02. The average molecular weight is 310 g/mol. The minimum absolute atomic E-state index is 0.234. The molecule has 5 heteroatoms. The third-order valence-corrected chi connectivity index (χ3v) is 6.02. The third kappa shape index (κ3) is 4.53. The molecule has 0 aromatic heterocycles. The molecule has 0 amide bonds. The molecule has 1 aliphatic heterocycles. The van der Waals surface area contributed by atoms with Crippen molar-refractivity contribution in [1.82, 2.24) is 10.2 Å². The van der Waals surface area contributed by atoms with Gasteiger partial charge in [0.1, 0.15) is 0 Å². The number of rotatable bonds is 6. The molecule has 1 N–H and O–H groups in total. The predicted octanol–water partition coefficient (Wildman–Crippen LogP) is 1.85. The molecule has 2 rings (SSSR count). The van der Waals surface area contributed by atoms with Crippen molar-refractivity contribution in [3.8, 4) is 0 Å². The summed E-state index contributed by atoms with van der Waals surface area (Å²) in [4.78, 5) is 2.33. The maximum atomic E-state index is 11.7. The van der Waals surface area contributed by atoms with E-state index in [9.17, 15) is 8.42 Å². The number of sulfone groups is 1. The first kappa shape index (κ1) is 16.5. The number of nitrogens with one attached hydrogen (secondary N) is 1. The van der Waals surface area contributed by atoms with Crippen LogP contribution in [-0.4, -0.2) is 50.5 Å². The summed E-state index contributed by atoms with van der Waals surface area (Å²) in [5.41, 5.74) is 1.27. The van der Waals surface area contributed by atoms with E-state index >= 15 is 0 Å². The quantitative estimate of drug-likeness (QED) is 0.871. The largest absolute Gasteiger partial charge is 0.307 e. The van der Waals surface area contributed by atoms with Crippen LogP contribution in [0.1, 0.15) is 31.9 Å². The fraction of sp³-hybridized carbons (Fsp3) is 0.625. The van der Waals surface area contributed by atoms with Gasteiger partial charge in [-0.2, -0.15) is 0 Å². The lowest BCUT2D eigenvalue weighted by molar-refractivity contribution is 0.134. The predicted molar refractivity (Wildman–Crippen MR) is 87.2 cm³/mol. The highest BCUT2D eigenvalue weighted by atomic mass is 32.2. The molecule has 1 saturated heterocycles. The van der Waals surface area contributed by atoms with Gasteiger partial charge in [-0.05, 0) is 12.0 Å². The fourth-order valence-corrected chi connectivity index (χ4v) is 3.64. The van der Waals surface area contributed by atoms with Gasteiger partial charge in [-0.1, -0.05) is 44.2 Å². The lowest BCUT2D eigenvalue weighted by atomic mass is 10.0. The lowest BCUT2D eigenvalue weighted by Crippen LogP contribution is -2.53. The van der Waals surface area contributed by atoms with Gasteiger partial charge in [-0.25, -0.2) is 8.42 Å². The van der Waals surface area contributed by atoms with Crippen LogP contribution in [0.5, 0.6) is 0 Å². The first-order valence-corrected chi connectivity index (χ1v) is 9.60. The van der Waals surface area contributed by atoms with Crippen molar-refractivity contribution < 1.29 is 8.42 Å². The van der Waals surface area contributed by atoms with E-state index in [1.54, 1.807) is 6.92 Å². The fourth-order valence-electron chi connectivity index (χ4n) is 2.84. The summed E-state index contributed by atoms with van der Waals surface area (Å²) in [6.45, 7) is 6.32. The van der Waals surface area contributed by atoms with Crippen LogP contribution in [0.2, 0.25) is 0 Å². The first-order chi connectivity index (χ1) is 10.1. The molecule has 1 aliphatic rings. The lowest BCUT2D eigenvalue weighted by Gasteiger charge is -2.40. The van der Waals surface area contributed by atoms with Crippen LogP contribution in [0.4, 0.5) is 0 Å². The van der Waals surface area contributed by atoms with Crippen LogP contribution in [0.15, 0.2) is 30.3 Å². The maximum Gasteiger partial charge on any atom is 0.151 e. The van der Waals surface area contributed by atoms with Crippen molar-refractivity contribution in [2.45, 2.75) is 32.4 Å². The molecule has 1 aromatic rings. The zero-order valence-electron chi connectivity index (χ0n) is 13.0. The van der Waals surface area contributed by atoms with E-state index < -0.39 is 9.84 Å². The molecule has 0 radical (unpaired) electrons. The zero-order chi connectivity index (χ0) is 15.3. The highest BCUT2D eigenvalue weighted by Crippen LogP contribution is 2.21. The molecule has 1 aromatic carbocycles. The van der Waals surface area contributed by atoms with Crippen molar-refractivity contribution in [2.75, 3.05) is 31.1 Å². The molecule has 0 spiro atoms. The van der Waals surface area contributed by atoms with Crippen LogP contribution in [0.3, 0.4) is 0 Å². The first-order valence-electron chi connectivity index (χ1n) is 7.78. The molecule has 0 aliphatic carbocycles. The van der Waals surface area contributed by atoms with Gasteiger partial charge in [-0.3, -0.25) is 4.90 Å². The number of hydrogen-bond donors (Lipinski definition) is 1. The topological polar surface area (TPSA) is 49.4 Å². The molecule has 118 valence electrons. The van der Waals surface area contributed by atoms with Crippen molar-refractivity contribution in [3.63, 3.8) is 0 Å². The number of hydrogen-bond acceptors (Lipinski definition) is 4. The Bertz CT molecular complexity index is 530. The number of nitrogens with zero attached hydrogens (tertiary/aromatic N) is 1. The van der Waals surface area contributed by atoms with Gasteiger partial charge in [0.15, 0.2) is 9.84 Å². The van der Waals surface area contributed by atoms with Gasteiger partial charge in [0, 0.05) is 37.5 Å². The van der Waals surface area contributed by atoms with Crippen molar-refractivity contribution >= 4 is 9.84 Å². The third-order valence-electron chi connectivity index (χ3n) is 4.34. The minimum Gasteiger partial charge on any atom is -0.307 e.